The van der Waals surface area contributed by atoms with Crippen molar-refractivity contribution in [3.63, 3.8) is 0 Å². The summed E-state index contributed by atoms with van der Waals surface area (Å²) in [4.78, 5) is 10.7. The van der Waals surface area contributed by atoms with Crippen LogP contribution in [0.15, 0.2) is 24.3 Å². The number of rotatable bonds is 4. The van der Waals surface area contributed by atoms with Gasteiger partial charge in [-0.05, 0) is 13.3 Å². The fraction of sp³-hybridized carbons (Fsp3) is 0.286. The van der Waals surface area contributed by atoms with E-state index in [0.717, 1.165) is 0 Å². The van der Waals surface area contributed by atoms with Crippen LogP contribution in [0.4, 0.5) is 0 Å². The van der Waals surface area contributed by atoms with Gasteiger partial charge in [0.15, 0.2) is 0 Å². The zero-order chi connectivity index (χ0) is 8.69. The molecule has 0 radical (unpaired) electrons. The van der Waals surface area contributed by atoms with Crippen molar-refractivity contribution in [2.75, 3.05) is 0 Å². The number of hydrogen-bond donors (Lipinski definition) is 0. The van der Waals surface area contributed by atoms with Gasteiger partial charge in [0.25, 0.3) is 0 Å². The number of allylic oxidation sites excluding steroid dienone is 2. The molecule has 0 aliphatic rings. The summed E-state index contributed by atoms with van der Waals surface area (Å²) in [6, 6.07) is 0. The molecule has 0 heterocycles. The molecule has 0 aromatic carbocycles. The molecular weight excluding hydrogens is 163 g/mol. The van der Waals surface area contributed by atoms with E-state index in [1.165, 1.54) is 0 Å². The molecule has 0 bridgehead atoms. The van der Waals surface area contributed by atoms with Gasteiger partial charge in [-0.3, -0.25) is 4.57 Å². The van der Waals surface area contributed by atoms with Crippen molar-refractivity contribution < 1.29 is 13.9 Å². The van der Waals surface area contributed by atoms with Crippen LogP contribution in [-0.2, 0) is 13.9 Å². The average Bonchev–Trinajstić information content (AvgIpc) is 2.00. The molecule has 0 saturated carbocycles. The largest absolute Gasteiger partial charge is 0.413 e. The standard InChI is InChI=1S/C7H11O3P/c1-3-4-5-6(2)7(8)10-11-9/h3,5H,1,4,11H2,2H3. The molecule has 62 valence electrons. The van der Waals surface area contributed by atoms with Crippen LogP contribution in [0.25, 0.3) is 0 Å². The first-order chi connectivity index (χ1) is 5.22. The third kappa shape index (κ3) is 4.57. The van der Waals surface area contributed by atoms with Gasteiger partial charge >= 0.3 is 5.97 Å². The predicted molar refractivity (Wildman–Crippen MR) is 45.1 cm³/mol. The van der Waals surface area contributed by atoms with Crippen molar-refractivity contribution in [3.8, 4) is 0 Å². The summed E-state index contributed by atoms with van der Waals surface area (Å²) in [6.07, 6.45) is 3.96. The predicted octanol–water partition coefficient (Wildman–Crippen LogP) is 1.72. The van der Waals surface area contributed by atoms with E-state index in [4.69, 9.17) is 0 Å². The summed E-state index contributed by atoms with van der Waals surface area (Å²) >= 11 is 0. The molecule has 0 fully saturated rings. The molecule has 1 atom stereocenters. The molecule has 0 aromatic rings. The van der Waals surface area contributed by atoms with Gasteiger partial charge in [0, 0.05) is 5.57 Å². The van der Waals surface area contributed by atoms with E-state index in [-0.39, 0.29) is 0 Å². The highest BCUT2D eigenvalue weighted by Crippen LogP contribution is 2.04. The highest BCUT2D eigenvalue weighted by atomic mass is 31.1. The van der Waals surface area contributed by atoms with Crippen molar-refractivity contribution in [1.82, 2.24) is 0 Å². The zero-order valence-corrected chi connectivity index (χ0v) is 7.53. The van der Waals surface area contributed by atoms with Gasteiger partial charge in [0.05, 0.1) is 0 Å². The number of carbonyl (C=O) groups excluding carboxylic acids is 1. The summed E-state index contributed by atoms with van der Waals surface area (Å²) in [5.74, 6) is -0.517. The molecule has 0 spiro atoms. The Labute approximate surface area is 67.0 Å². The third-order valence-electron chi connectivity index (χ3n) is 1.07. The van der Waals surface area contributed by atoms with Crippen LogP contribution in [0.1, 0.15) is 13.3 Å². The van der Waals surface area contributed by atoms with E-state index in [1.807, 2.05) is 0 Å². The molecule has 0 saturated heterocycles. The normalized spacial score (nSPS) is 11.9. The SMILES string of the molecule is C=CCC=C(C)C(=O)O[PH2]=O. The van der Waals surface area contributed by atoms with E-state index in [9.17, 15) is 9.36 Å². The van der Waals surface area contributed by atoms with Gasteiger partial charge in [-0.1, -0.05) is 12.2 Å². The van der Waals surface area contributed by atoms with E-state index < -0.39 is 14.7 Å². The summed E-state index contributed by atoms with van der Waals surface area (Å²) in [7, 11) is -1.45. The Bertz CT molecular complexity index is 196. The van der Waals surface area contributed by atoms with Crippen LogP contribution in [0.5, 0.6) is 0 Å². The number of carbonyl (C=O) groups is 1. The van der Waals surface area contributed by atoms with Gasteiger partial charge < -0.3 is 4.52 Å². The minimum Gasteiger partial charge on any atom is -0.413 e. The van der Waals surface area contributed by atoms with Gasteiger partial charge in [-0.2, -0.15) is 0 Å². The molecule has 0 amide bonds. The van der Waals surface area contributed by atoms with E-state index in [1.54, 1.807) is 19.1 Å². The lowest BCUT2D eigenvalue weighted by Gasteiger charge is -1.95. The summed E-state index contributed by atoms with van der Waals surface area (Å²) in [5.41, 5.74) is 0.466. The van der Waals surface area contributed by atoms with Crippen LogP contribution in [0, 0.1) is 0 Å². The highest BCUT2D eigenvalue weighted by Gasteiger charge is 2.01. The minimum atomic E-state index is -1.45. The van der Waals surface area contributed by atoms with Gasteiger partial charge in [0.1, 0.15) is 0 Å². The third-order valence-corrected chi connectivity index (χ3v) is 1.38. The Kier molecular flexibility index (Phi) is 5.49. The smallest absolute Gasteiger partial charge is 0.338 e. The van der Waals surface area contributed by atoms with Gasteiger partial charge in [-0.25, -0.2) is 4.79 Å². The van der Waals surface area contributed by atoms with Gasteiger partial charge in [-0.15, -0.1) is 6.58 Å². The molecule has 0 aliphatic heterocycles. The van der Waals surface area contributed by atoms with E-state index >= 15 is 0 Å². The number of hydrogen-bond acceptors (Lipinski definition) is 3. The van der Waals surface area contributed by atoms with Crippen molar-refractivity contribution >= 4 is 14.7 Å². The maximum absolute atomic E-state index is 10.7. The maximum Gasteiger partial charge on any atom is 0.338 e. The van der Waals surface area contributed by atoms with Crippen molar-refractivity contribution in [2.24, 2.45) is 0 Å². The minimum absolute atomic E-state index is 0.466. The maximum atomic E-state index is 10.7. The molecule has 3 nitrogen and oxygen atoms in total. The molecule has 0 aromatic heterocycles. The topological polar surface area (TPSA) is 43.4 Å². The second-order valence-electron chi connectivity index (χ2n) is 1.91. The summed E-state index contributed by atoms with van der Waals surface area (Å²) in [5, 5.41) is 0. The Morgan fingerprint density at radius 3 is 2.82 bits per heavy atom. The Morgan fingerprint density at radius 2 is 2.36 bits per heavy atom. The highest BCUT2D eigenvalue weighted by molar-refractivity contribution is 7.18. The van der Waals surface area contributed by atoms with Crippen LogP contribution >= 0.6 is 8.69 Å². The van der Waals surface area contributed by atoms with Gasteiger partial charge in [0.2, 0.25) is 8.69 Å². The Balaban J connectivity index is 3.99. The van der Waals surface area contributed by atoms with Crippen molar-refractivity contribution in [2.45, 2.75) is 13.3 Å². The van der Waals surface area contributed by atoms with Crippen molar-refractivity contribution in [1.29, 1.82) is 0 Å². The lowest BCUT2D eigenvalue weighted by molar-refractivity contribution is -0.129. The van der Waals surface area contributed by atoms with E-state index in [0.29, 0.717) is 12.0 Å². The molecule has 0 aliphatic carbocycles. The summed E-state index contributed by atoms with van der Waals surface area (Å²) in [6.45, 7) is 5.10. The first kappa shape index (κ1) is 10.2. The lowest BCUT2D eigenvalue weighted by atomic mass is 10.2. The monoisotopic (exact) mass is 174 g/mol. The first-order valence-electron chi connectivity index (χ1n) is 3.14. The lowest BCUT2D eigenvalue weighted by Crippen LogP contribution is -1.97. The van der Waals surface area contributed by atoms with Crippen LogP contribution in [0.3, 0.4) is 0 Å². The molecule has 0 rings (SSSR count). The quantitative estimate of drug-likeness (QED) is 0.370. The second kappa shape index (κ2) is 5.93. The molecule has 1 unspecified atom stereocenters. The Hall–Kier alpha value is -0.820. The van der Waals surface area contributed by atoms with Crippen molar-refractivity contribution in [3.05, 3.63) is 24.3 Å². The van der Waals surface area contributed by atoms with Crippen LogP contribution < -0.4 is 0 Å². The van der Waals surface area contributed by atoms with Crippen LogP contribution in [0.2, 0.25) is 0 Å². The Morgan fingerprint density at radius 1 is 1.73 bits per heavy atom. The molecular formula is C7H11O3P. The fourth-order valence-electron chi connectivity index (χ4n) is 0.480. The second-order valence-corrected chi connectivity index (χ2v) is 2.34. The molecule has 0 N–H and O–H groups in total. The first-order valence-corrected chi connectivity index (χ1v) is 4.09. The zero-order valence-electron chi connectivity index (χ0n) is 6.37. The average molecular weight is 174 g/mol. The fourth-order valence-corrected chi connectivity index (χ4v) is 0.753. The van der Waals surface area contributed by atoms with Crippen LogP contribution in [-0.4, -0.2) is 5.97 Å². The molecule has 11 heavy (non-hydrogen) atoms. The molecule has 4 heteroatoms. The van der Waals surface area contributed by atoms with E-state index in [2.05, 4.69) is 11.1 Å². The summed E-state index contributed by atoms with van der Waals surface area (Å²) < 4.78 is 14.2.